The molecule has 1 heterocycles. The first kappa shape index (κ1) is 15.8. The Morgan fingerprint density at radius 2 is 2.19 bits per heavy atom. The Bertz CT molecular complexity index is 640. The highest BCUT2D eigenvalue weighted by Gasteiger charge is 2.13. The number of rotatable bonds is 5. The van der Waals surface area contributed by atoms with Crippen LogP contribution in [0.25, 0.3) is 0 Å². The molecule has 2 N–H and O–H groups in total. The minimum atomic E-state index is -0.400. The monoisotopic (exact) mass is 311 g/mol. The largest absolute Gasteiger partial charge is 0.484 e. The van der Waals surface area contributed by atoms with Gasteiger partial charge >= 0.3 is 0 Å². The van der Waals surface area contributed by atoms with Crippen LogP contribution in [0, 0.1) is 12.7 Å². The molecule has 0 aliphatic heterocycles. The molecule has 0 aliphatic carbocycles. The minimum absolute atomic E-state index is 0.00704. The molecule has 0 saturated heterocycles. The van der Waals surface area contributed by atoms with Crippen molar-refractivity contribution < 1.29 is 9.13 Å². The van der Waals surface area contributed by atoms with Gasteiger partial charge in [0.05, 0.1) is 16.4 Å². The Hall–Kier alpha value is -1.59. The summed E-state index contributed by atoms with van der Waals surface area (Å²) in [6.45, 7) is 3.87. The van der Waals surface area contributed by atoms with E-state index in [0.29, 0.717) is 17.1 Å². The number of nitrogens with zero attached hydrogens (tertiary/aromatic N) is 2. The summed E-state index contributed by atoms with van der Waals surface area (Å²) in [7, 11) is 1.78. The lowest BCUT2D eigenvalue weighted by molar-refractivity contribution is 0.280. The fraction of sp³-hybridized carbons (Fsp3) is 0.400. The Kier molecular flexibility index (Phi) is 4.85. The standard InChI is InChI=1S/C15H19ClFN3O/c1-9(18)6-11-4-5-14(12(17)7-11)21-8-13-15(16)10(2)19-20(13)3/h4-5,7,9H,6,8,18H2,1-3H3. The first-order chi connectivity index (χ1) is 9.88. The fourth-order valence-corrected chi connectivity index (χ4v) is 2.36. The van der Waals surface area contributed by atoms with Crippen molar-refractivity contribution in [3.8, 4) is 5.75 Å². The van der Waals surface area contributed by atoms with Crippen molar-refractivity contribution in [2.75, 3.05) is 0 Å². The molecule has 0 bridgehead atoms. The molecule has 0 fully saturated rings. The molecule has 0 saturated carbocycles. The average molecular weight is 312 g/mol. The number of nitrogens with two attached hydrogens (primary N) is 1. The quantitative estimate of drug-likeness (QED) is 0.923. The SMILES string of the molecule is Cc1nn(C)c(COc2ccc(CC(C)N)cc2F)c1Cl. The summed E-state index contributed by atoms with van der Waals surface area (Å²) in [5.74, 6) is -0.207. The van der Waals surface area contributed by atoms with Crippen LogP contribution >= 0.6 is 11.6 Å². The Morgan fingerprint density at radius 3 is 2.71 bits per heavy atom. The lowest BCUT2D eigenvalue weighted by Gasteiger charge is -2.10. The van der Waals surface area contributed by atoms with Crippen molar-refractivity contribution in [1.29, 1.82) is 0 Å². The van der Waals surface area contributed by atoms with Gasteiger partial charge < -0.3 is 10.5 Å². The normalized spacial score (nSPS) is 12.5. The highest BCUT2D eigenvalue weighted by Crippen LogP contribution is 2.24. The lowest BCUT2D eigenvalue weighted by atomic mass is 10.1. The van der Waals surface area contributed by atoms with Gasteiger partial charge in [0, 0.05) is 13.1 Å². The van der Waals surface area contributed by atoms with E-state index in [2.05, 4.69) is 5.10 Å². The third-order valence-corrected chi connectivity index (χ3v) is 3.67. The first-order valence-electron chi connectivity index (χ1n) is 6.73. The van der Waals surface area contributed by atoms with Gasteiger partial charge in [0.25, 0.3) is 0 Å². The van der Waals surface area contributed by atoms with Crippen molar-refractivity contribution in [1.82, 2.24) is 9.78 Å². The van der Waals surface area contributed by atoms with E-state index in [1.165, 1.54) is 6.07 Å². The van der Waals surface area contributed by atoms with Crippen molar-refractivity contribution in [2.45, 2.75) is 32.9 Å². The predicted octanol–water partition coefficient (Wildman–Crippen LogP) is 2.99. The molecule has 1 aromatic heterocycles. The van der Waals surface area contributed by atoms with Crippen LogP contribution < -0.4 is 10.5 Å². The average Bonchev–Trinajstić information content (AvgIpc) is 2.62. The zero-order valence-electron chi connectivity index (χ0n) is 12.4. The molecule has 1 unspecified atom stereocenters. The van der Waals surface area contributed by atoms with E-state index in [-0.39, 0.29) is 18.4 Å². The molecule has 2 aromatic rings. The van der Waals surface area contributed by atoms with Crippen molar-refractivity contribution in [2.24, 2.45) is 12.8 Å². The van der Waals surface area contributed by atoms with Gasteiger partial charge in [0.1, 0.15) is 6.61 Å². The van der Waals surface area contributed by atoms with E-state index in [0.717, 1.165) is 11.3 Å². The molecular weight excluding hydrogens is 293 g/mol. The van der Waals surface area contributed by atoms with Crippen molar-refractivity contribution in [3.63, 3.8) is 0 Å². The van der Waals surface area contributed by atoms with Gasteiger partial charge in [-0.25, -0.2) is 4.39 Å². The first-order valence-corrected chi connectivity index (χ1v) is 7.11. The zero-order valence-corrected chi connectivity index (χ0v) is 13.1. The highest BCUT2D eigenvalue weighted by molar-refractivity contribution is 6.31. The highest BCUT2D eigenvalue weighted by atomic mass is 35.5. The van der Waals surface area contributed by atoms with E-state index in [4.69, 9.17) is 22.1 Å². The molecule has 21 heavy (non-hydrogen) atoms. The van der Waals surface area contributed by atoms with Gasteiger partial charge in [-0.3, -0.25) is 4.68 Å². The molecule has 1 aromatic carbocycles. The smallest absolute Gasteiger partial charge is 0.165 e. The number of aromatic nitrogens is 2. The number of ether oxygens (including phenoxy) is 1. The van der Waals surface area contributed by atoms with Gasteiger partial charge in [0.15, 0.2) is 11.6 Å². The number of hydrogen-bond acceptors (Lipinski definition) is 3. The number of benzene rings is 1. The van der Waals surface area contributed by atoms with Crippen LogP contribution in [0.5, 0.6) is 5.75 Å². The molecule has 4 nitrogen and oxygen atoms in total. The van der Waals surface area contributed by atoms with Gasteiger partial charge in [-0.05, 0) is 38.0 Å². The van der Waals surface area contributed by atoms with Crippen molar-refractivity contribution in [3.05, 3.63) is 46.0 Å². The van der Waals surface area contributed by atoms with Gasteiger partial charge in [-0.15, -0.1) is 0 Å². The minimum Gasteiger partial charge on any atom is -0.484 e. The lowest BCUT2D eigenvalue weighted by Crippen LogP contribution is -2.17. The summed E-state index contributed by atoms with van der Waals surface area (Å²) in [5, 5.41) is 4.74. The van der Waals surface area contributed by atoms with Crippen LogP contribution in [0.15, 0.2) is 18.2 Å². The molecular formula is C15H19ClFN3O. The Labute approximate surface area is 128 Å². The van der Waals surface area contributed by atoms with E-state index >= 15 is 0 Å². The Balaban J connectivity index is 2.10. The second-order valence-electron chi connectivity index (χ2n) is 5.20. The van der Waals surface area contributed by atoms with E-state index in [1.807, 2.05) is 19.9 Å². The number of aryl methyl sites for hydroxylation is 2. The van der Waals surface area contributed by atoms with Crippen LogP contribution in [0.2, 0.25) is 5.02 Å². The van der Waals surface area contributed by atoms with Crippen LogP contribution in [0.3, 0.4) is 0 Å². The molecule has 2 rings (SSSR count). The van der Waals surface area contributed by atoms with E-state index < -0.39 is 5.82 Å². The third-order valence-electron chi connectivity index (χ3n) is 3.18. The molecule has 0 amide bonds. The molecule has 0 spiro atoms. The molecule has 0 aliphatic rings. The Morgan fingerprint density at radius 1 is 1.48 bits per heavy atom. The maximum atomic E-state index is 14.0. The van der Waals surface area contributed by atoms with Crippen LogP contribution in [0.4, 0.5) is 4.39 Å². The summed E-state index contributed by atoms with van der Waals surface area (Å²) in [4.78, 5) is 0. The maximum Gasteiger partial charge on any atom is 0.165 e. The third kappa shape index (κ3) is 3.74. The van der Waals surface area contributed by atoms with Crippen molar-refractivity contribution >= 4 is 11.6 Å². The van der Waals surface area contributed by atoms with Crippen LogP contribution in [-0.2, 0) is 20.1 Å². The molecule has 0 radical (unpaired) electrons. The number of hydrogen-bond donors (Lipinski definition) is 1. The van der Waals surface area contributed by atoms with Crippen LogP contribution in [0.1, 0.15) is 23.9 Å². The molecule has 114 valence electrons. The van der Waals surface area contributed by atoms with Gasteiger partial charge in [0.2, 0.25) is 0 Å². The van der Waals surface area contributed by atoms with E-state index in [9.17, 15) is 4.39 Å². The van der Waals surface area contributed by atoms with Gasteiger partial charge in [-0.2, -0.15) is 5.10 Å². The fourth-order valence-electron chi connectivity index (χ4n) is 2.14. The zero-order chi connectivity index (χ0) is 15.6. The second kappa shape index (κ2) is 6.45. The van der Waals surface area contributed by atoms with Gasteiger partial charge in [-0.1, -0.05) is 17.7 Å². The number of halogens is 2. The summed E-state index contributed by atoms with van der Waals surface area (Å²) < 4.78 is 21.1. The summed E-state index contributed by atoms with van der Waals surface area (Å²) in [6, 6.07) is 4.88. The molecule has 6 heteroatoms. The summed E-state index contributed by atoms with van der Waals surface area (Å²) in [5.41, 5.74) is 8.00. The van der Waals surface area contributed by atoms with Crippen LogP contribution in [-0.4, -0.2) is 15.8 Å². The summed E-state index contributed by atoms with van der Waals surface area (Å²) >= 11 is 6.13. The van der Waals surface area contributed by atoms with E-state index in [1.54, 1.807) is 17.8 Å². The maximum absolute atomic E-state index is 14.0. The molecule has 1 atom stereocenters. The topological polar surface area (TPSA) is 53.1 Å². The second-order valence-corrected chi connectivity index (χ2v) is 5.58. The predicted molar refractivity (Wildman–Crippen MR) is 81.0 cm³/mol. The summed E-state index contributed by atoms with van der Waals surface area (Å²) in [6.07, 6.45) is 0.629.